The molecule has 0 radical (unpaired) electrons. The lowest BCUT2D eigenvalue weighted by Crippen LogP contribution is -2.44. The fourth-order valence-corrected chi connectivity index (χ4v) is 2.13. The molecule has 6 heteroatoms. The average Bonchev–Trinajstić information content (AvgIpc) is 2.89. The largest absolute Gasteiger partial charge is 0.477 e. The van der Waals surface area contributed by atoms with Crippen LogP contribution in [0.3, 0.4) is 0 Å². The van der Waals surface area contributed by atoms with Crippen molar-refractivity contribution in [1.82, 2.24) is 15.1 Å². The fourth-order valence-electron chi connectivity index (χ4n) is 2.13. The summed E-state index contributed by atoms with van der Waals surface area (Å²) in [6.45, 7) is 0.908. The van der Waals surface area contributed by atoms with Gasteiger partial charge in [-0.05, 0) is 18.2 Å². The highest BCUT2D eigenvalue weighted by Crippen LogP contribution is 2.28. The second kappa shape index (κ2) is 5.24. The van der Waals surface area contributed by atoms with Crippen molar-refractivity contribution in [1.29, 1.82) is 0 Å². The molecule has 1 atom stereocenters. The Hall–Kier alpha value is -2.50. The minimum atomic E-state index is -0.516. The van der Waals surface area contributed by atoms with E-state index in [1.807, 2.05) is 37.4 Å². The van der Waals surface area contributed by atoms with E-state index in [4.69, 9.17) is 4.74 Å². The highest BCUT2D eigenvalue weighted by atomic mass is 16.5. The number of carbonyl (C=O) groups excluding carboxylic acids is 1. The molecule has 1 unspecified atom stereocenters. The number of anilines is 1. The molecule has 0 saturated carbocycles. The van der Waals surface area contributed by atoms with Crippen LogP contribution in [0.25, 0.3) is 0 Å². The summed E-state index contributed by atoms with van der Waals surface area (Å²) in [6, 6.07) is 9.46. The third-order valence-corrected chi connectivity index (χ3v) is 3.29. The van der Waals surface area contributed by atoms with Gasteiger partial charge in [-0.1, -0.05) is 12.1 Å². The standard InChI is InChI=1S/C14H16N4O2/c1-18-10(6-7-17-18)8-16-14(19)13-9-15-11-4-2-3-5-12(11)20-13/h2-7,13,15H,8-9H2,1H3,(H,16,19). The van der Waals surface area contributed by atoms with Gasteiger partial charge in [0.05, 0.1) is 24.5 Å². The average molecular weight is 272 g/mol. The molecule has 1 aliphatic heterocycles. The van der Waals surface area contributed by atoms with Crippen LogP contribution in [0, 0.1) is 0 Å². The molecule has 2 aromatic rings. The highest BCUT2D eigenvalue weighted by molar-refractivity contribution is 5.83. The summed E-state index contributed by atoms with van der Waals surface area (Å²) in [6.07, 6.45) is 1.19. The third-order valence-electron chi connectivity index (χ3n) is 3.29. The van der Waals surface area contributed by atoms with Gasteiger partial charge in [-0.2, -0.15) is 5.10 Å². The number of ether oxygens (including phenoxy) is 1. The molecular formula is C14H16N4O2. The van der Waals surface area contributed by atoms with Crippen LogP contribution in [0.5, 0.6) is 5.75 Å². The molecular weight excluding hydrogens is 256 g/mol. The van der Waals surface area contributed by atoms with Crippen molar-refractivity contribution >= 4 is 11.6 Å². The normalized spacial score (nSPS) is 16.8. The first-order chi connectivity index (χ1) is 9.74. The predicted octanol–water partition coefficient (Wildman–Crippen LogP) is 0.909. The lowest BCUT2D eigenvalue weighted by molar-refractivity contribution is -0.127. The van der Waals surface area contributed by atoms with E-state index < -0.39 is 6.10 Å². The van der Waals surface area contributed by atoms with Gasteiger partial charge in [0.2, 0.25) is 0 Å². The molecule has 1 aromatic heterocycles. The monoisotopic (exact) mass is 272 g/mol. The molecule has 2 heterocycles. The number of aromatic nitrogens is 2. The first-order valence-corrected chi connectivity index (χ1v) is 6.48. The minimum absolute atomic E-state index is 0.131. The van der Waals surface area contributed by atoms with Crippen molar-refractivity contribution in [2.45, 2.75) is 12.6 Å². The maximum atomic E-state index is 12.1. The van der Waals surface area contributed by atoms with E-state index in [0.717, 1.165) is 11.4 Å². The predicted molar refractivity (Wildman–Crippen MR) is 74.4 cm³/mol. The number of hydrogen-bond donors (Lipinski definition) is 2. The van der Waals surface area contributed by atoms with Gasteiger partial charge in [-0.3, -0.25) is 9.48 Å². The lowest BCUT2D eigenvalue weighted by atomic mass is 10.2. The third kappa shape index (κ3) is 2.45. The Morgan fingerprint density at radius 3 is 3.15 bits per heavy atom. The van der Waals surface area contributed by atoms with Gasteiger partial charge in [0.1, 0.15) is 5.75 Å². The Morgan fingerprint density at radius 2 is 2.35 bits per heavy atom. The van der Waals surface area contributed by atoms with E-state index in [-0.39, 0.29) is 5.91 Å². The summed E-state index contributed by atoms with van der Waals surface area (Å²) >= 11 is 0. The van der Waals surface area contributed by atoms with Crippen LogP contribution in [-0.2, 0) is 18.4 Å². The molecule has 2 N–H and O–H groups in total. The SMILES string of the molecule is Cn1nccc1CNC(=O)C1CNc2ccccc2O1. The van der Waals surface area contributed by atoms with E-state index in [9.17, 15) is 4.79 Å². The van der Waals surface area contributed by atoms with Crippen LogP contribution in [-0.4, -0.2) is 28.3 Å². The number of aryl methyl sites for hydroxylation is 1. The molecule has 0 fully saturated rings. The molecule has 3 rings (SSSR count). The zero-order valence-corrected chi connectivity index (χ0v) is 11.2. The number of carbonyl (C=O) groups is 1. The highest BCUT2D eigenvalue weighted by Gasteiger charge is 2.25. The summed E-state index contributed by atoms with van der Waals surface area (Å²) in [4.78, 5) is 12.1. The molecule has 104 valence electrons. The molecule has 0 saturated heterocycles. The molecule has 1 aromatic carbocycles. The van der Waals surface area contributed by atoms with E-state index in [1.54, 1.807) is 10.9 Å². The topological polar surface area (TPSA) is 68.2 Å². The smallest absolute Gasteiger partial charge is 0.263 e. The van der Waals surface area contributed by atoms with Gasteiger partial charge in [0.15, 0.2) is 6.10 Å². The number of nitrogens with zero attached hydrogens (tertiary/aromatic N) is 2. The maximum absolute atomic E-state index is 12.1. The second-order valence-electron chi connectivity index (χ2n) is 4.65. The second-order valence-corrected chi connectivity index (χ2v) is 4.65. The molecule has 0 spiro atoms. The van der Waals surface area contributed by atoms with Crippen molar-refractivity contribution in [3.05, 3.63) is 42.2 Å². The zero-order chi connectivity index (χ0) is 13.9. The van der Waals surface area contributed by atoms with E-state index in [1.165, 1.54) is 0 Å². The molecule has 0 bridgehead atoms. The van der Waals surface area contributed by atoms with Crippen molar-refractivity contribution in [3.8, 4) is 5.75 Å². The Morgan fingerprint density at radius 1 is 1.50 bits per heavy atom. The Bertz CT molecular complexity index is 623. The van der Waals surface area contributed by atoms with E-state index in [0.29, 0.717) is 18.8 Å². The number of fused-ring (bicyclic) bond motifs is 1. The van der Waals surface area contributed by atoms with Gasteiger partial charge in [0, 0.05) is 13.2 Å². The maximum Gasteiger partial charge on any atom is 0.263 e. The minimum Gasteiger partial charge on any atom is -0.477 e. The lowest BCUT2D eigenvalue weighted by Gasteiger charge is -2.26. The van der Waals surface area contributed by atoms with Crippen LogP contribution >= 0.6 is 0 Å². The van der Waals surface area contributed by atoms with Crippen molar-refractivity contribution in [3.63, 3.8) is 0 Å². The molecule has 1 amide bonds. The van der Waals surface area contributed by atoms with Gasteiger partial charge in [0.25, 0.3) is 5.91 Å². The van der Waals surface area contributed by atoms with Crippen molar-refractivity contribution < 1.29 is 9.53 Å². The number of rotatable bonds is 3. The Labute approximate surface area is 116 Å². The molecule has 6 nitrogen and oxygen atoms in total. The molecule has 0 aliphatic carbocycles. The van der Waals surface area contributed by atoms with Crippen molar-refractivity contribution in [2.75, 3.05) is 11.9 Å². The van der Waals surface area contributed by atoms with Crippen LogP contribution < -0.4 is 15.4 Å². The van der Waals surface area contributed by atoms with Crippen molar-refractivity contribution in [2.24, 2.45) is 7.05 Å². The summed E-state index contributed by atoms with van der Waals surface area (Å²) < 4.78 is 7.43. The van der Waals surface area contributed by atoms with E-state index in [2.05, 4.69) is 15.7 Å². The summed E-state index contributed by atoms with van der Waals surface area (Å²) in [5, 5.41) is 10.1. The molecule has 1 aliphatic rings. The van der Waals surface area contributed by atoms with Gasteiger partial charge in [-0.25, -0.2) is 0 Å². The van der Waals surface area contributed by atoms with Crippen LogP contribution in [0.15, 0.2) is 36.5 Å². The summed E-state index contributed by atoms with van der Waals surface area (Å²) in [7, 11) is 1.84. The molecule has 20 heavy (non-hydrogen) atoms. The van der Waals surface area contributed by atoms with E-state index >= 15 is 0 Å². The van der Waals surface area contributed by atoms with Crippen LogP contribution in [0.2, 0.25) is 0 Å². The van der Waals surface area contributed by atoms with Gasteiger partial charge < -0.3 is 15.4 Å². The number of amides is 1. The number of hydrogen-bond acceptors (Lipinski definition) is 4. The first kappa shape index (κ1) is 12.5. The summed E-state index contributed by atoms with van der Waals surface area (Å²) in [5.41, 5.74) is 1.87. The number of benzene rings is 1. The van der Waals surface area contributed by atoms with Crippen LogP contribution in [0.1, 0.15) is 5.69 Å². The van der Waals surface area contributed by atoms with Gasteiger partial charge in [-0.15, -0.1) is 0 Å². The fraction of sp³-hybridized carbons (Fsp3) is 0.286. The zero-order valence-electron chi connectivity index (χ0n) is 11.2. The van der Waals surface area contributed by atoms with Gasteiger partial charge >= 0.3 is 0 Å². The number of nitrogens with one attached hydrogen (secondary N) is 2. The Kier molecular flexibility index (Phi) is 3.28. The quantitative estimate of drug-likeness (QED) is 0.871. The number of para-hydroxylation sites is 2. The first-order valence-electron chi connectivity index (χ1n) is 6.48. The Balaban J connectivity index is 1.60. The van der Waals surface area contributed by atoms with Crippen LogP contribution in [0.4, 0.5) is 5.69 Å². The summed E-state index contributed by atoms with van der Waals surface area (Å²) in [5.74, 6) is 0.577.